The molecule has 0 bridgehead atoms. The number of hydrogen-bond acceptors (Lipinski definition) is 4. The third kappa shape index (κ3) is 1.32. The van der Waals surface area contributed by atoms with Gasteiger partial charge in [-0.2, -0.15) is 0 Å². The van der Waals surface area contributed by atoms with E-state index in [-0.39, 0.29) is 24.3 Å². The Morgan fingerprint density at radius 2 is 1.21 bits per heavy atom. The van der Waals surface area contributed by atoms with Gasteiger partial charge < -0.3 is 20.4 Å². The first-order valence-electron chi connectivity index (χ1n) is 4.48. The van der Waals surface area contributed by atoms with Crippen LogP contribution in [0.25, 0.3) is 0 Å². The van der Waals surface area contributed by atoms with Crippen molar-refractivity contribution in [3.05, 3.63) is 23.3 Å². The predicted molar refractivity (Wildman–Crippen MR) is 49.2 cm³/mol. The normalized spacial score (nSPS) is 25.9. The zero-order valence-corrected chi connectivity index (χ0v) is 7.51. The Balaban J connectivity index is 2.50. The van der Waals surface area contributed by atoms with Gasteiger partial charge in [-0.1, -0.05) is 0 Å². The van der Waals surface area contributed by atoms with Crippen LogP contribution in [0.1, 0.15) is 11.1 Å². The lowest BCUT2D eigenvalue weighted by Crippen LogP contribution is -2.34. The van der Waals surface area contributed by atoms with Crippen LogP contribution in [0.4, 0.5) is 0 Å². The van der Waals surface area contributed by atoms with Crippen molar-refractivity contribution in [3.63, 3.8) is 0 Å². The summed E-state index contributed by atoms with van der Waals surface area (Å²) in [6.07, 6.45) is -1.38. The van der Waals surface area contributed by atoms with E-state index in [1.807, 2.05) is 0 Å². The standard InChI is InChI=1S/C10H12O4/c11-7-1-2-8(12)6-4-10(14)9(13)3-5(6)7/h1-2,9-14H,3-4H2/t9-,10-/m1/s1. The summed E-state index contributed by atoms with van der Waals surface area (Å²) in [6.45, 7) is 0. The molecule has 0 radical (unpaired) electrons. The van der Waals surface area contributed by atoms with Crippen molar-refractivity contribution in [3.8, 4) is 11.5 Å². The SMILES string of the molecule is Oc1ccc(O)c2c1C[C@@H](O)[C@H](O)C2. The highest BCUT2D eigenvalue weighted by Crippen LogP contribution is 2.34. The van der Waals surface area contributed by atoms with Crippen LogP contribution in [0.2, 0.25) is 0 Å². The number of aliphatic hydroxyl groups excluding tert-OH is 2. The molecule has 1 aliphatic carbocycles. The minimum absolute atomic E-state index is 0.0590. The number of phenolic OH excluding ortho intramolecular Hbond substituents is 2. The van der Waals surface area contributed by atoms with Gasteiger partial charge in [-0.25, -0.2) is 0 Å². The molecular weight excluding hydrogens is 184 g/mol. The first kappa shape index (κ1) is 9.30. The van der Waals surface area contributed by atoms with E-state index in [4.69, 9.17) is 0 Å². The molecule has 0 aromatic heterocycles. The lowest BCUT2D eigenvalue weighted by atomic mass is 9.86. The molecule has 1 aromatic rings. The second kappa shape index (κ2) is 3.15. The molecule has 0 spiro atoms. The summed E-state index contributed by atoms with van der Waals surface area (Å²) in [5.74, 6) is 0.118. The maximum absolute atomic E-state index is 9.48. The first-order valence-corrected chi connectivity index (χ1v) is 4.48. The Bertz CT molecular complexity index is 326. The van der Waals surface area contributed by atoms with Crippen LogP contribution in [-0.4, -0.2) is 32.6 Å². The number of hydrogen-bond donors (Lipinski definition) is 4. The molecule has 4 heteroatoms. The molecule has 14 heavy (non-hydrogen) atoms. The van der Waals surface area contributed by atoms with E-state index in [1.165, 1.54) is 12.1 Å². The van der Waals surface area contributed by atoms with Crippen LogP contribution in [-0.2, 0) is 12.8 Å². The van der Waals surface area contributed by atoms with Gasteiger partial charge in [0.15, 0.2) is 0 Å². The molecule has 4 N–H and O–H groups in total. The smallest absolute Gasteiger partial charge is 0.119 e. The topological polar surface area (TPSA) is 80.9 Å². The minimum atomic E-state index is -0.866. The summed E-state index contributed by atoms with van der Waals surface area (Å²) >= 11 is 0. The molecule has 0 saturated heterocycles. The van der Waals surface area contributed by atoms with Gasteiger partial charge in [0.05, 0.1) is 12.2 Å². The third-order valence-corrected chi connectivity index (χ3v) is 2.65. The average Bonchev–Trinajstić information content (AvgIpc) is 2.15. The molecule has 2 rings (SSSR count). The third-order valence-electron chi connectivity index (χ3n) is 2.65. The summed E-state index contributed by atoms with van der Waals surface area (Å²) in [6, 6.07) is 2.77. The number of aromatic hydroxyl groups is 2. The number of aliphatic hydroxyl groups is 2. The van der Waals surface area contributed by atoms with Crippen LogP contribution in [0.15, 0.2) is 12.1 Å². The van der Waals surface area contributed by atoms with Gasteiger partial charge in [0.1, 0.15) is 11.5 Å². The van der Waals surface area contributed by atoms with E-state index >= 15 is 0 Å². The summed E-state index contributed by atoms with van der Waals surface area (Å²) in [4.78, 5) is 0. The lowest BCUT2D eigenvalue weighted by molar-refractivity contribution is 0.0132. The molecule has 1 aliphatic rings. The maximum Gasteiger partial charge on any atom is 0.119 e. The Labute approximate surface area is 81.1 Å². The summed E-state index contributed by atoms with van der Waals surface area (Å²) < 4.78 is 0. The highest BCUT2D eigenvalue weighted by Gasteiger charge is 2.28. The lowest BCUT2D eigenvalue weighted by Gasteiger charge is -2.26. The number of benzene rings is 1. The fraction of sp³-hybridized carbons (Fsp3) is 0.400. The maximum atomic E-state index is 9.48. The Morgan fingerprint density at radius 3 is 1.57 bits per heavy atom. The fourth-order valence-electron chi connectivity index (χ4n) is 1.81. The summed E-state index contributed by atoms with van der Waals surface area (Å²) in [5.41, 5.74) is 1.06. The highest BCUT2D eigenvalue weighted by molar-refractivity contribution is 5.49. The van der Waals surface area contributed by atoms with Crippen LogP contribution in [0, 0.1) is 0 Å². The second-order valence-electron chi connectivity index (χ2n) is 3.60. The molecule has 4 nitrogen and oxygen atoms in total. The van der Waals surface area contributed by atoms with Gasteiger partial charge in [0.25, 0.3) is 0 Å². The van der Waals surface area contributed by atoms with Crippen LogP contribution in [0.5, 0.6) is 11.5 Å². The van der Waals surface area contributed by atoms with Crippen molar-refractivity contribution in [1.82, 2.24) is 0 Å². The van der Waals surface area contributed by atoms with Crippen molar-refractivity contribution in [1.29, 1.82) is 0 Å². The van der Waals surface area contributed by atoms with Crippen molar-refractivity contribution >= 4 is 0 Å². The quantitative estimate of drug-likeness (QED) is 0.437. The molecular formula is C10H12O4. The molecule has 0 aliphatic heterocycles. The van der Waals surface area contributed by atoms with E-state index in [1.54, 1.807) is 0 Å². The Hall–Kier alpha value is -1.26. The van der Waals surface area contributed by atoms with Crippen molar-refractivity contribution in [2.75, 3.05) is 0 Å². The molecule has 0 unspecified atom stereocenters. The Kier molecular flexibility index (Phi) is 2.09. The van der Waals surface area contributed by atoms with Gasteiger partial charge in [0.2, 0.25) is 0 Å². The molecule has 0 amide bonds. The van der Waals surface area contributed by atoms with Gasteiger partial charge in [-0.15, -0.1) is 0 Å². The van der Waals surface area contributed by atoms with Gasteiger partial charge in [-0.3, -0.25) is 0 Å². The van der Waals surface area contributed by atoms with Gasteiger partial charge in [0, 0.05) is 24.0 Å². The molecule has 1 aromatic carbocycles. The van der Waals surface area contributed by atoms with Crippen LogP contribution in [0.3, 0.4) is 0 Å². The largest absolute Gasteiger partial charge is 0.508 e. The van der Waals surface area contributed by atoms with Crippen LogP contribution < -0.4 is 0 Å². The molecule has 76 valence electrons. The summed E-state index contributed by atoms with van der Waals surface area (Å²) in [7, 11) is 0. The average molecular weight is 196 g/mol. The minimum Gasteiger partial charge on any atom is -0.508 e. The predicted octanol–water partition coefficient (Wildman–Crippen LogP) is -0.0818. The zero-order valence-electron chi connectivity index (χ0n) is 7.51. The fourth-order valence-corrected chi connectivity index (χ4v) is 1.81. The molecule has 2 atom stereocenters. The second-order valence-corrected chi connectivity index (χ2v) is 3.60. The van der Waals surface area contributed by atoms with E-state index < -0.39 is 12.2 Å². The van der Waals surface area contributed by atoms with Crippen LogP contribution >= 0.6 is 0 Å². The van der Waals surface area contributed by atoms with Crippen molar-refractivity contribution in [2.45, 2.75) is 25.0 Å². The van der Waals surface area contributed by atoms with Crippen molar-refractivity contribution in [2.24, 2.45) is 0 Å². The highest BCUT2D eigenvalue weighted by atomic mass is 16.3. The molecule has 0 saturated carbocycles. The number of fused-ring (bicyclic) bond motifs is 1. The zero-order chi connectivity index (χ0) is 10.3. The van der Waals surface area contributed by atoms with E-state index in [0.717, 1.165) is 0 Å². The first-order chi connectivity index (χ1) is 6.59. The monoisotopic (exact) mass is 196 g/mol. The van der Waals surface area contributed by atoms with E-state index in [2.05, 4.69) is 0 Å². The molecule has 0 heterocycles. The van der Waals surface area contributed by atoms with Crippen molar-refractivity contribution < 1.29 is 20.4 Å². The van der Waals surface area contributed by atoms with Gasteiger partial charge >= 0.3 is 0 Å². The number of phenols is 2. The Morgan fingerprint density at radius 1 is 0.857 bits per heavy atom. The van der Waals surface area contributed by atoms with E-state index in [0.29, 0.717) is 11.1 Å². The summed E-state index contributed by atoms with van der Waals surface area (Å²) in [5, 5.41) is 37.8. The van der Waals surface area contributed by atoms with Gasteiger partial charge in [-0.05, 0) is 12.1 Å². The molecule has 0 fully saturated rings. The van der Waals surface area contributed by atoms with E-state index in [9.17, 15) is 20.4 Å². The number of rotatable bonds is 0.